The molecular formula is C13H18ClN5S. The molecule has 1 aliphatic heterocycles. The minimum atomic E-state index is 0.261. The second kappa shape index (κ2) is 5.35. The maximum atomic E-state index is 5.95. The zero-order valence-electron chi connectivity index (χ0n) is 11.4. The molecule has 0 aromatic carbocycles. The fraction of sp³-hybridized carbons (Fsp3) is 0.538. The van der Waals surface area contributed by atoms with Crippen LogP contribution in [0.15, 0.2) is 12.1 Å². The minimum Gasteiger partial charge on any atom is -0.339 e. The van der Waals surface area contributed by atoms with Gasteiger partial charge in [-0.15, -0.1) is 16.4 Å². The van der Waals surface area contributed by atoms with Gasteiger partial charge in [-0.3, -0.25) is 5.10 Å². The molecule has 3 heterocycles. The molecule has 0 amide bonds. The van der Waals surface area contributed by atoms with E-state index < -0.39 is 0 Å². The molecule has 0 saturated carbocycles. The molecule has 0 atom stereocenters. The average Bonchev–Trinajstić information content (AvgIpc) is 3.08. The number of aromatic amines is 1. The Balaban J connectivity index is 1.72. The van der Waals surface area contributed by atoms with Crippen LogP contribution >= 0.6 is 22.9 Å². The summed E-state index contributed by atoms with van der Waals surface area (Å²) in [6.45, 7) is 4.90. The number of nitrogens with two attached hydrogens (primary N) is 1. The van der Waals surface area contributed by atoms with E-state index in [9.17, 15) is 0 Å². The summed E-state index contributed by atoms with van der Waals surface area (Å²) in [6.07, 6.45) is 2.16. The molecule has 0 unspecified atom stereocenters. The van der Waals surface area contributed by atoms with E-state index in [0.717, 1.165) is 53.5 Å². The maximum absolute atomic E-state index is 5.95. The van der Waals surface area contributed by atoms with Gasteiger partial charge < -0.3 is 10.6 Å². The van der Waals surface area contributed by atoms with Crippen molar-refractivity contribution in [2.24, 2.45) is 11.1 Å². The Labute approximate surface area is 127 Å². The predicted octanol–water partition coefficient (Wildman–Crippen LogP) is 2.75. The molecule has 0 aliphatic carbocycles. The molecular weight excluding hydrogens is 294 g/mol. The van der Waals surface area contributed by atoms with Crippen molar-refractivity contribution in [3.8, 4) is 10.7 Å². The van der Waals surface area contributed by atoms with Gasteiger partial charge in [0.25, 0.3) is 0 Å². The second-order valence-electron chi connectivity index (χ2n) is 5.59. The Morgan fingerprint density at radius 3 is 2.80 bits per heavy atom. The molecule has 108 valence electrons. The quantitative estimate of drug-likeness (QED) is 0.914. The molecule has 5 nitrogen and oxygen atoms in total. The van der Waals surface area contributed by atoms with Crippen molar-refractivity contribution in [1.29, 1.82) is 0 Å². The van der Waals surface area contributed by atoms with Gasteiger partial charge in [0.1, 0.15) is 0 Å². The molecule has 2 aromatic rings. The number of halogens is 1. The highest BCUT2D eigenvalue weighted by Crippen LogP contribution is 2.32. The third-order valence-corrected chi connectivity index (χ3v) is 5.26. The number of rotatable bonds is 3. The first-order valence-corrected chi connectivity index (χ1v) is 7.92. The van der Waals surface area contributed by atoms with Crippen LogP contribution in [0.1, 0.15) is 19.8 Å². The van der Waals surface area contributed by atoms with Crippen molar-refractivity contribution in [1.82, 2.24) is 15.2 Å². The number of nitrogens with one attached hydrogen (secondary N) is 1. The molecule has 0 spiro atoms. The second-order valence-corrected chi connectivity index (χ2v) is 7.30. The van der Waals surface area contributed by atoms with Crippen LogP contribution in [0.4, 0.5) is 5.95 Å². The lowest BCUT2D eigenvalue weighted by molar-refractivity contribution is 0.257. The van der Waals surface area contributed by atoms with Crippen molar-refractivity contribution in [2.75, 3.05) is 24.5 Å². The van der Waals surface area contributed by atoms with E-state index in [1.54, 1.807) is 0 Å². The van der Waals surface area contributed by atoms with Gasteiger partial charge in [0, 0.05) is 13.1 Å². The number of anilines is 1. The predicted molar refractivity (Wildman–Crippen MR) is 83.3 cm³/mol. The molecule has 7 heteroatoms. The van der Waals surface area contributed by atoms with Crippen LogP contribution in [0.2, 0.25) is 4.34 Å². The van der Waals surface area contributed by atoms with Crippen LogP contribution < -0.4 is 10.6 Å². The van der Waals surface area contributed by atoms with Crippen molar-refractivity contribution < 1.29 is 0 Å². The Hall–Kier alpha value is -1.11. The number of thiophene rings is 1. The zero-order chi connectivity index (χ0) is 14.2. The summed E-state index contributed by atoms with van der Waals surface area (Å²) >= 11 is 7.45. The van der Waals surface area contributed by atoms with E-state index in [-0.39, 0.29) is 5.41 Å². The van der Waals surface area contributed by atoms with Crippen LogP contribution in [0.25, 0.3) is 10.7 Å². The SMILES string of the molecule is CC1(CN)CCN(c2n[nH]c(-c3ccc(Cl)s3)n2)CC1. The molecule has 1 saturated heterocycles. The number of nitrogens with zero attached hydrogens (tertiary/aromatic N) is 3. The van der Waals surface area contributed by atoms with Crippen LogP contribution in [0.5, 0.6) is 0 Å². The number of hydrogen-bond donors (Lipinski definition) is 2. The Kier molecular flexibility index (Phi) is 3.70. The van der Waals surface area contributed by atoms with E-state index in [2.05, 4.69) is 27.0 Å². The molecule has 3 rings (SSSR count). The Morgan fingerprint density at radius 2 is 2.20 bits per heavy atom. The van der Waals surface area contributed by atoms with Gasteiger partial charge in [0.2, 0.25) is 5.95 Å². The van der Waals surface area contributed by atoms with Gasteiger partial charge >= 0.3 is 0 Å². The minimum absolute atomic E-state index is 0.261. The topological polar surface area (TPSA) is 70.8 Å². The van der Waals surface area contributed by atoms with Crippen LogP contribution in [0, 0.1) is 5.41 Å². The summed E-state index contributed by atoms with van der Waals surface area (Å²) in [5.41, 5.74) is 6.10. The van der Waals surface area contributed by atoms with Crippen molar-refractivity contribution in [2.45, 2.75) is 19.8 Å². The van der Waals surface area contributed by atoms with Crippen molar-refractivity contribution in [3.63, 3.8) is 0 Å². The van der Waals surface area contributed by atoms with E-state index in [0.29, 0.717) is 0 Å². The Bertz CT molecular complexity index is 585. The Morgan fingerprint density at radius 1 is 1.45 bits per heavy atom. The van der Waals surface area contributed by atoms with Crippen LogP contribution in [-0.2, 0) is 0 Å². The lowest BCUT2D eigenvalue weighted by atomic mass is 9.81. The van der Waals surface area contributed by atoms with E-state index >= 15 is 0 Å². The number of hydrogen-bond acceptors (Lipinski definition) is 5. The van der Waals surface area contributed by atoms with E-state index in [4.69, 9.17) is 17.3 Å². The standard InChI is InChI=1S/C13H18ClN5S/c1-13(8-15)4-6-19(7-5-13)12-16-11(17-18-12)9-2-3-10(14)20-9/h2-3H,4-8,15H2,1H3,(H,16,17,18). The number of H-pyrrole nitrogens is 1. The van der Waals surface area contributed by atoms with Gasteiger partial charge in [0.15, 0.2) is 5.82 Å². The molecule has 0 radical (unpaired) electrons. The van der Waals surface area contributed by atoms with E-state index in [1.807, 2.05) is 12.1 Å². The fourth-order valence-electron chi connectivity index (χ4n) is 2.40. The highest BCUT2D eigenvalue weighted by Gasteiger charge is 2.30. The van der Waals surface area contributed by atoms with Gasteiger partial charge in [0.05, 0.1) is 9.21 Å². The molecule has 3 N–H and O–H groups in total. The van der Waals surface area contributed by atoms with Gasteiger partial charge in [-0.25, -0.2) is 0 Å². The summed E-state index contributed by atoms with van der Waals surface area (Å²) in [4.78, 5) is 7.80. The van der Waals surface area contributed by atoms with E-state index in [1.165, 1.54) is 11.3 Å². The smallest absolute Gasteiger partial charge is 0.245 e. The first-order chi connectivity index (χ1) is 9.59. The zero-order valence-corrected chi connectivity index (χ0v) is 13.0. The fourth-order valence-corrected chi connectivity index (χ4v) is 3.38. The third kappa shape index (κ3) is 2.68. The lowest BCUT2D eigenvalue weighted by Gasteiger charge is -2.38. The van der Waals surface area contributed by atoms with Gasteiger partial charge in [-0.1, -0.05) is 18.5 Å². The normalized spacial score (nSPS) is 18.4. The highest BCUT2D eigenvalue weighted by molar-refractivity contribution is 7.19. The summed E-state index contributed by atoms with van der Waals surface area (Å²) in [5.74, 6) is 1.55. The summed E-state index contributed by atoms with van der Waals surface area (Å²) in [5, 5.41) is 7.31. The van der Waals surface area contributed by atoms with Gasteiger partial charge in [-0.05, 0) is 36.9 Å². The number of piperidine rings is 1. The van der Waals surface area contributed by atoms with Crippen LogP contribution in [-0.4, -0.2) is 34.8 Å². The average molecular weight is 312 g/mol. The molecule has 20 heavy (non-hydrogen) atoms. The first-order valence-electron chi connectivity index (χ1n) is 6.73. The van der Waals surface area contributed by atoms with Crippen molar-refractivity contribution in [3.05, 3.63) is 16.5 Å². The summed E-state index contributed by atoms with van der Waals surface area (Å²) < 4.78 is 0.759. The molecule has 0 bridgehead atoms. The summed E-state index contributed by atoms with van der Waals surface area (Å²) in [7, 11) is 0. The first kappa shape index (κ1) is 13.9. The summed E-state index contributed by atoms with van der Waals surface area (Å²) in [6, 6.07) is 3.83. The third-order valence-electron chi connectivity index (χ3n) is 4.03. The van der Waals surface area contributed by atoms with Crippen molar-refractivity contribution >= 4 is 28.9 Å². The number of aromatic nitrogens is 3. The molecule has 1 aliphatic rings. The van der Waals surface area contributed by atoms with Crippen LogP contribution in [0.3, 0.4) is 0 Å². The monoisotopic (exact) mass is 311 g/mol. The molecule has 2 aromatic heterocycles. The molecule has 1 fully saturated rings. The highest BCUT2D eigenvalue weighted by atomic mass is 35.5. The maximum Gasteiger partial charge on any atom is 0.245 e. The van der Waals surface area contributed by atoms with Gasteiger partial charge in [-0.2, -0.15) is 4.98 Å². The lowest BCUT2D eigenvalue weighted by Crippen LogP contribution is -2.42. The largest absolute Gasteiger partial charge is 0.339 e.